The van der Waals surface area contributed by atoms with Crippen LogP contribution in [-0.2, 0) is 9.59 Å². The van der Waals surface area contributed by atoms with Crippen LogP contribution in [0.15, 0.2) is 27.3 Å². The van der Waals surface area contributed by atoms with Gasteiger partial charge in [-0.25, -0.2) is 9.79 Å². The number of carbonyl (C=O) groups excluding carboxylic acids is 1. The highest BCUT2D eigenvalue weighted by Gasteiger charge is 2.34. The summed E-state index contributed by atoms with van der Waals surface area (Å²) in [5.41, 5.74) is 0.236. The number of nitrogens with one attached hydrogen (secondary N) is 1. The van der Waals surface area contributed by atoms with Crippen LogP contribution >= 0.6 is 15.9 Å². The van der Waals surface area contributed by atoms with Crippen molar-refractivity contribution >= 4 is 33.4 Å². The van der Waals surface area contributed by atoms with Gasteiger partial charge in [-0.1, -0.05) is 0 Å². The Hall–Kier alpha value is -1.43. The first kappa shape index (κ1) is 9.14. The van der Waals surface area contributed by atoms with E-state index in [9.17, 15) is 9.59 Å². The second-order valence-electron chi connectivity index (χ2n) is 2.78. The number of carboxylic acids is 1. The molecule has 0 radical (unpaired) electrons. The number of carboxylic acid groups (broad SMARTS) is 1. The van der Waals surface area contributed by atoms with Gasteiger partial charge in [0.1, 0.15) is 6.17 Å². The Kier molecular flexibility index (Phi) is 1.99. The van der Waals surface area contributed by atoms with Gasteiger partial charge >= 0.3 is 5.97 Å². The Balaban J connectivity index is 2.49. The first-order valence-electron chi connectivity index (χ1n) is 3.79. The maximum absolute atomic E-state index is 11.4. The number of carbonyl (C=O) groups is 2. The largest absolute Gasteiger partial charge is 0.476 e. The Morgan fingerprint density at radius 1 is 1.64 bits per heavy atom. The van der Waals surface area contributed by atoms with Crippen LogP contribution in [0.4, 0.5) is 0 Å². The van der Waals surface area contributed by atoms with Gasteiger partial charge in [-0.15, -0.1) is 0 Å². The summed E-state index contributed by atoms with van der Waals surface area (Å²) in [5.74, 6) is -1.37. The summed E-state index contributed by atoms with van der Waals surface area (Å²) < 4.78 is 0.261. The predicted molar refractivity (Wildman–Crippen MR) is 52.1 cm³/mol. The molecule has 0 saturated carbocycles. The molecule has 1 unspecified atom stereocenters. The van der Waals surface area contributed by atoms with Crippen LogP contribution < -0.4 is 5.32 Å². The molecule has 72 valence electrons. The standard InChI is InChI=1S/C8H5BrN2O3/c9-5-4-3(12)1-2-10-7(4)11-6(5)8(13)14/h1-2,7,10H,(H,13,14). The summed E-state index contributed by atoms with van der Waals surface area (Å²) in [6, 6.07) is 0. The zero-order chi connectivity index (χ0) is 10.3. The number of aliphatic carboxylic acids is 1. The molecule has 0 saturated heterocycles. The van der Waals surface area contributed by atoms with Gasteiger partial charge in [0, 0.05) is 12.3 Å². The van der Waals surface area contributed by atoms with Gasteiger partial charge < -0.3 is 10.4 Å². The van der Waals surface area contributed by atoms with Crippen molar-refractivity contribution in [3.05, 3.63) is 22.3 Å². The fourth-order valence-corrected chi connectivity index (χ4v) is 2.00. The van der Waals surface area contributed by atoms with Crippen LogP contribution in [0, 0.1) is 0 Å². The number of hydrogen-bond donors (Lipinski definition) is 2. The highest BCUT2D eigenvalue weighted by Crippen LogP contribution is 2.28. The van der Waals surface area contributed by atoms with E-state index in [1.165, 1.54) is 12.3 Å². The smallest absolute Gasteiger partial charge is 0.355 e. The van der Waals surface area contributed by atoms with E-state index >= 15 is 0 Å². The first-order valence-corrected chi connectivity index (χ1v) is 4.58. The molecule has 0 aromatic carbocycles. The summed E-state index contributed by atoms with van der Waals surface area (Å²) in [4.78, 5) is 25.9. The number of halogens is 1. The number of rotatable bonds is 1. The Morgan fingerprint density at radius 3 is 2.93 bits per heavy atom. The minimum absolute atomic E-state index is 0.116. The summed E-state index contributed by atoms with van der Waals surface area (Å²) >= 11 is 3.06. The summed E-state index contributed by atoms with van der Waals surface area (Å²) in [6.45, 7) is 0. The lowest BCUT2D eigenvalue weighted by atomic mass is 10.1. The number of aliphatic imine (C=N–C) groups is 1. The molecule has 0 aromatic heterocycles. The molecule has 2 rings (SSSR count). The van der Waals surface area contributed by atoms with Crippen molar-refractivity contribution in [3.63, 3.8) is 0 Å². The van der Waals surface area contributed by atoms with E-state index < -0.39 is 12.1 Å². The second kappa shape index (κ2) is 3.06. The van der Waals surface area contributed by atoms with Crippen molar-refractivity contribution in [2.75, 3.05) is 0 Å². The van der Waals surface area contributed by atoms with Crippen LogP contribution in [-0.4, -0.2) is 28.7 Å². The minimum atomic E-state index is -1.15. The van der Waals surface area contributed by atoms with E-state index in [0.717, 1.165) is 0 Å². The number of ketones is 1. The lowest BCUT2D eigenvalue weighted by Crippen LogP contribution is -2.30. The van der Waals surface area contributed by atoms with Crippen LogP contribution in [0.5, 0.6) is 0 Å². The number of hydrogen-bond acceptors (Lipinski definition) is 4. The van der Waals surface area contributed by atoms with Gasteiger partial charge in [0.2, 0.25) is 0 Å². The van der Waals surface area contributed by atoms with Crippen molar-refractivity contribution in [1.82, 2.24) is 5.32 Å². The molecule has 5 nitrogen and oxygen atoms in total. The molecule has 0 bridgehead atoms. The van der Waals surface area contributed by atoms with Crippen molar-refractivity contribution in [2.45, 2.75) is 6.17 Å². The van der Waals surface area contributed by atoms with Gasteiger partial charge in [0.15, 0.2) is 11.5 Å². The van der Waals surface area contributed by atoms with E-state index in [2.05, 4.69) is 26.2 Å². The van der Waals surface area contributed by atoms with Gasteiger partial charge in [-0.3, -0.25) is 4.79 Å². The Morgan fingerprint density at radius 2 is 2.36 bits per heavy atom. The third-order valence-electron chi connectivity index (χ3n) is 1.93. The van der Waals surface area contributed by atoms with E-state index in [0.29, 0.717) is 5.57 Å². The Bertz CT molecular complexity index is 422. The van der Waals surface area contributed by atoms with Crippen LogP contribution in [0.25, 0.3) is 0 Å². The van der Waals surface area contributed by atoms with E-state index in [1.807, 2.05) is 0 Å². The molecule has 0 aliphatic carbocycles. The second-order valence-corrected chi connectivity index (χ2v) is 3.57. The lowest BCUT2D eigenvalue weighted by Gasteiger charge is -2.14. The molecular weight excluding hydrogens is 252 g/mol. The average molecular weight is 257 g/mol. The molecule has 2 N–H and O–H groups in total. The number of fused-ring (bicyclic) bond motifs is 1. The average Bonchev–Trinajstić information content (AvgIpc) is 2.45. The fourth-order valence-electron chi connectivity index (χ4n) is 1.32. The van der Waals surface area contributed by atoms with Crippen molar-refractivity contribution in [2.24, 2.45) is 4.99 Å². The predicted octanol–water partition coefficient (Wildman–Crippen LogP) is 0.187. The van der Waals surface area contributed by atoms with E-state index in [4.69, 9.17) is 5.11 Å². The van der Waals surface area contributed by atoms with E-state index in [1.54, 1.807) is 0 Å². The molecule has 0 spiro atoms. The van der Waals surface area contributed by atoms with Crippen molar-refractivity contribution < 1.29 is 14.7 Å². The Labute approximate surface area is 87.3 Å². The van der Waals surface area contributed by atoms with Crippen LogP contribution in [0.3, 0.4) is 0 Å². The molecule has 2 heterocycles. The molecular formula is C8H5BrN2O3. The maximum atomic E-state index is 11.4. The van der Waals surface area contributed by atoms with Gasteiger partial charge in [-0.05, 0) is 15.9 Å². The zero-order valence-corrected chi connectivity index (χ0v) is 8.41. The monoisotopic (exact) mass is 256 g/mol. The first-order chi connectivity index (χ1) is 6.61. The molecule has 6 heteroatoms. The SMILES string of the molecule is O=C(O)C1=NC2NC=CC(=O)C2=C1Br. The molecule has 0 fully saturated rings. The van der Waals surface area contributed by atoms with Crippen molar-refractivity contribution in [3.8, 4) is 0 Å². The molecule has 2 aliphatic heterocycles. The molecule has 14 heavy (non-hydrogen) atoms. The quantitative estimate of drug-likeness (QED) is 0.702. The van der Waals surface area contributed by atoms with Crippen molar-refractivity contribution in [1.29, 1.82) is 0 Å². The molecule has 0 amide bonds. The molecule has 2 aliphatic rings. The summed E-state index contributed by atoms with van der Waals surface area (Å²) in [5, 5.41) is 11.5. The third-order valence-corrected chi connectivity index (χ3v) is 2.74. The topological polar surface area (TPSA) is 78.8 Å². The zero-order valence-electron chi connectivity index (χ0n) is 6.82. The highest BCUT2D eigenvalue weighted by molar-refractivity contribution is 9.12. The number of allylic oxidation sites excluding steroid dienone is 1. The fraction of sp³-hybridized carbons (Fsp3) is 0.125. The van der Waals surface area contributed by atoms with Crippen LogP contribution in [0.1, 0.15) is 0 Å². The lowest BCUT2D eigenvalue weighted by molar-refractivity contribution is -0.129. The van der Waals surface area contributed by atoms with Gasteiger partial charge in [0.25, 0.3) is 0 Å². The molecule has 1 atom stereocenters. The van der Waals surface area contributed by atoms with Crippen LogP contribution in [0.2, 0.25) is 0 Å². The summed E-state index contributed by atoms with van der Waals surface area (Å²) in [6.07, 6.45) is 2.24. The molecule has 0 aromatic rings. The third kappa shape index (κ3) is 1.19. The maximum Gasteiger partial charge on any atom is 0.355 e. The van der Waals surface area contributed by atoms with Gasteiger partial charge in [-0.2, -0.15) is 0 Å². The number of nitrogens with zero attached hydrogens (tertiary/aromatic N) is 1. The van der Waals surface area contributed by atoms with E-state index in [-0.39, 0.29) is 16.0 Å². The van der Waals surface area contributed by atoms with Gasteiger partial charge in [0.05, 0.1) is 10.1 Å². The summed E-state index contributed by atoms with van der Waals surface area (Å²) in [7, 11) is 0. The normalized spacial score (nSPS) is 24.5. The highest BCUT2D eigenvalue weighted by atomic mass is 79.9. The minimum Gasteiger partial charge on any atom is -0.476 e.